The summed E-state index contributed by atoms with van der Waals surface area (Å²) in [5.74, 6) is 0. The summed E-state index contributed by atoms with van der Waals surface area (Å²) >= 11 is 1.95. The first-order valence-corrected chi connectivity index (χ1v) is 21.9. The van der Waals surface area contributed by atoms with E-state index in [-0.39, 0.29) is 13.4 Å². The lowest BCUT2D eigenvalue weighted by Gasteiger charge is -2.42. The van der Waals surface area contributed by atoms with Crippen LogP contribution in [0.15, 0.2) is 188 Å². The van der Waals surface area contributed by atoms with E-state index in [0.29, 0.717) is 0 Å². The summed E-state index contributed by atoms with van der Waals surface area (Å²) in [5, 5.41) is 18.5. The van der Waals surface area contributed by atoms with Crippen molar-refractivity contribution in [2.45, 2.75) is 0 Å². The second kappa shape index (κ2) is 11.3. The van der Waals surface area contributed by atoms with Crippen molar-refractivity contribution < 1.29 is 0 Å². The van der Waals surface area contributed by atoms with Crippen LogP contribution in [-0.2, 0) is 0 Å². The number of rotatable bonds is 1. The second-order valence-electron chi connectivity index (χ2n) is 17.0. The predicted molar refractivity (Wildman–Crippen MR) is 263 cm³/mol. The fourth-order valence-electron chi connectivity index (χ4n) is 12.0. The molecule has 1 aromatic heterocycles. The first kappa shape index (κ1) is 31.8. The molecule has 0 fully saturated rings. The fraction of sp³-hybridized carbons (Fsp3) is 0. The molecule has 0 N–H and O–H groups in total. The molecule has 4 heterocycles. The third-order valence-electron chi connectivity index (χ3n) is 14.3. The number of nitrogens with zero attached hydrogens (tertiary/aromatic N) is 1. The van der Waals surface area contributed by atoms with Crippen LogP contribution in [0, 0.1) is 0 Å². The molecule has 0 saturated carbocycles. The van der Waals surface area contributed by atoms with Gasteiger partial charge in [-0.05, 0) is 121 Å². The third-order valence-corrected chi connectivity index (χ3v) is 15.4. The molecule has 272 valence electrons. The maximum Gasteiger partial charge on any atom is 0.248 e. The molecule has 1 nitrogen and oxygen atoms in total. The van der Waals surface area contributed by atoms with Crippen LogP contribution in [0.2, 0.25) is 0 Å². The van der Waals surface area contributed by atoms with Crippen LogP contribution in [-0.4, -0.2) is 13.4 Å². The van der Waals surface area contributed by atoms with Crippen molar-refractivity contribution in [2.75, 3.05) is 4.90 Å². The van der Waals surface area contributed by atoms with Crippen molar-refractivity contribution in [3.63, 3.8) is 0 Å². The SMILES string of the molecule is c1ccc(B2c3cccc4c3N(c3cc5c6ccccc6c6ccccc6c5c5c3B4c3cc4c6ccccc6c6ccccc6c4cc3-5)c3sc4ccccc4c32)cc1. The lowest BCUT2D eigenvalue weighted by Crippen LogP contribution is -2.63. The Hall–Kier alpha value is -7.13. The van der Waals surface area contributed by atoms with Crippen molar-refractivity contribution in [2.24, 2.45) is 0 Å². The van der Waals surface area contributed by atoms with E-state index in [0.717, 1.165) is 0 Å². The first-order valence-electron chi connectivity index (χ1n) is 21.1. The number of anilines is 3. The molecule has 0 amide bonds. The van der Waals surface area contributed by atoms with Crippen LogP contribution < -0.4 is 37.7 Å². The van der Waals surface area contributed by atoms with Crippen molar-refractivity contribution >= 4 is 149 Å². The van der Waals surface area contributed by atoms with Crippen molar-refractivity contribution in [3.8, 4) is 11.1 Å². The predicted octanol–water partition coefficient (Wildman–Crippen LogP) is 10.9. The smallest absolute Gasteiger partial charge is 0.248 e. The average Bonchev–Trinajstić information content (AvgIpc) is 3.86. The van der Waals surface area contributed by atoms with Gasteiger partial charge < -0.3 is 4.90 Å². The van der Waals surface area contributed by atoms with Gasteiger partial charge in [-0.3, -0.25) is 0 Å². The minimum absolute atomic E-state index is 0.0767. The molecule has 0 spiro atoms. The molecule has 0 atom stereocenters. The molecule has 3 aliphatic heterocycles. The maximum atomic E-state index is 2.71. The maximum absolute atomic E-state index is 2.71. The Morgan fingerprint density at radius 2 is 0.883 bits per heavy atom. The second-order valence-corrected chi connectivity index (χ2v) is 18.0. The van der Waals surface area contributed by atoms with Crippen LogP contribution in [0.3, 0.4) is 0 Å². The highest BCUT2D eigenvalue weighted by molar-refractivity contribution is 7.26. The zero-order valence-electron chi connectivity index (χ0n) is 32.4. The molecule has 0 unspecified atom stereocenters. The van der Waals surface area contributed by atoms with E-state index in [2.05, 4.69) is 193 Å². The Kier molecular flexibility index (Phi) is 6.00. The van der Waals surface area contributed by atoms with Crippen molar-refractivity contribution in [3.05, 3.63) is 188 Å². The lowest BCUT2D eigenvalue weighted by atomic mass is 9.31. The molecule has 0 radical (unpaired) electrons. The van der Waals surface area contributed by atoms with E-state index in [1.807, 2.05) is 11.3 Å². The first-order chi connectivity index (χ1) is 29.8. The van der Waals surface area contributed by atoms with Crippen molar-refractivity contribution in [1.29, 1.82) is 0 Å². The number of fused-ring (bicyclic) bond motifs is 22. The summed E-state index contributed by atoms with van der Waals surface area (Å²) in [4.78, 5) is 2.71. The van der Waals surface area contributed by atoms with Gasteiger partial charge in [0.25, 0.3) is 0 Å². The largest absolute Gasteiger partial charge is 0.304 e. The van der Waals surface area contributed by atoms with Gasteiger partial charge in [-0.15, -0.1) is 11.3 Å². The Balaban J connectivity index is 1.18. The number of hydrogen-bond donors (Lipinski definition) is 0. The van der Waals surface area contributed by atoms with Gasteiger partial charge in [0.15, 0.2) is 0 Å². The third kappa shape index (κ3) is 3.82. The van der Waals surface area contributed by atoms with Gasteiger partial charge in [-0.2, -0.15) is 0 Å². The highest BCUT2D eigenvalue weighted by Crippen LogP contribution is 2.51. The number of benzene rings is 11. The van der Waals surface area contributed by atoms with Gasteiger partial charge in [0.05, 0.1) is 5.00 Å². The molecule has 12 aromatic rings. The molecule has 15 rings (SSSR count). The Morgan fingerprint density at radius 1 is 0.367 bits per heavy atom. The molecular formula is C56H31B2NS. The lowest BCUT2D eigenvalue weighted by molar-refractivity contribution is 1.35. The van der Waals surface area contributed by atoms with Gasteiger partial charge in [-0.25, -0.2) is 0 Å². The van der Waals surface area contributed by atoms with Gasteiger partial charge >= 0.3 is 0 Å². The zero-order chi connectivity index (χ0) is 38.8. The Morgan fingerprint density at radius 3 is 1.55 bits per heavy atom. The van der Waals surface area contributed by atoms with E-state index in [1.54, 1.807) is 0 Å². The van der Waals surface area contributed by atoms with E-state index in [4.69, 9.17) is 0 Å². The fourth-order valence-corrected chi connectivity index (χ4v) is 13.3. The standard InChI is InChI=1S/C56H31B2NS/c1-2-15-32(16-3-1)57-46-26-14-27-47-55(46)59(56-53(57)41-25-12-13-28-50(41)60-56)49-31-44-39-23-9-6-19-35(39)36-20-10-11-24-40(36)51(44)52-45-29-42-37-21-7-4-17-33(37)34-18-5-8-22-38(34)43(42)30-48(45)58(47)54(49)52/h1-31H. The minimum atomic E-state index is 0.0767. The normalized spacial score (nSPS) is 13.6. The molecule has 11 aromatic carbocycles. The van der Waals surface area contributed by atoms with Crippen LogP contribution in [0.4, 0.5) is 16.4 Å². The topological polar surface area (TPSA) is 3.24 Å². The van der Waals surface area contributed by atoms with Crippen molar-refractivity contribution in [1.82, 2.24) is 0 Å². The van der Waals surface area contributed by atoms with E-state index < -0.39 is 0 Å². The van der Waals surface area contributed by atoms with Crippen LogP contribution >= 0.6 is 11.3 Å². The zero-order valence-corrected chi connectivity index (χ0v) is 33.2. The summed E-state index contributed by atoms with van der Waals surface area (Å²) in [6, 6.07) is 71.6. The summed E-state index contributed by atoms with van der Waals surface area (Å²) < 4.78 is 1.34. The van der Waals surface area contributed by atoms with Gasteiger partial charge in [0.2, 0.25) is 13.4 Å². The van der Waals surface area contributed by atoms with Crippen LogP contribution in [0.1, 0.15) is 0 Å². The molecule has 3 aliphatic rings. The summed E-state index contributed by atoms with van der Waals surface area (Å²) in [6.07, 6.45) is 0. The Labute approximate surface area is 350 Å². The summed E-state index contributed by atoms with van der Waals surface area (Å²) in [6.45, 7) is 0.190. The molecule has 0 saturated heterocycles. The number of thiophene rings is 1. The Bertz CT molecular complexity index is 3920. The summed E-state index contributed by atoms with van der Waals surface area (Å²) in [7, 11) is 0. The van der Waals surface area contributed by atoms with Gasteiger partial charge in [-0.1, -0.05) is 181 Å². The molecule has 4 heteroatoms. The minimum Gasteiger partial charge on any atom is -0.304 e. The monoisotopic (exact) mass is 771 g/mol. The molecule has 0 bridgehead atoms. The van der Waals surface area contributed by atoms with Gasteiger partial charge in [0.1, 0.15) is 0 Å². The number of hydrogen-bond acceptors (Lipinski definition) is 2. The number of para-hydroxylation sites is 1. The van der Waals surface area contributed by atoms with Crippen LogP contribution in [0.5, 0.6) is 0 Å². The van der Waals surface area contributed by atoms with E-state index in [1.165, 1.54) is 135 Å². The average molecular weight is 772 g/mol. The van der Waals surface area contributed by atoms with Crippen LogP contribution in [0.25, 0.3) is 85.8 Å². The highest BCUT2D eigenvalue weighted by Gasteiger charge is 2.49. The molecule has 60 heavy (non-hydrogen) atoms. The van der Waals surface area contributed by atoms with Gasteiger partial charge in [0, 0.05) is 16.1 Å². The summed E-state index contributed by atoms with van der Waals surface area (Å²) in [5.41, 5.74) is 13.8. The molecule has 0 aliphatic carbocycles. The molecular weight excluding hydrogens is 740 g/mol. The highest BCUT2D eigenvalue weighted by atomic mass is 32.1. The van der Waals surface area contributed by atoms with E-state index >= 15 is 0 Å². The van der Waals surface area contributed by atoms with E-state index in [9.17, 15) is 0 Å². The quantitative estimate of drug-likeness (QED) is 0.119.